The Bertz CT molecular complexity index is 933. The molecule has 0 saturated carbocycles. The molecule has 1 saturated heterocycles. The highest BCUT2D eigenvalue weighted by atomic mass is 16.1. The van der Waals surface area contributed by atoms with Crippen LogP contribution in [0.15, 0.2) is 54.9 Å². The Kier molecular flexibility index (Phi) is 5.01. The maximum Gasteiger partial charge on any atom is 0.257 e. The molecular formula is C22H24N4O. The van der Waals surface area contributed by atoms with Crippen LogP contribution in [0.2, 0.25) is 0 Å². The number of aromatic nitrogens is 2. The van der Waals surface area contributed by atoms with E-state index < -0.39 is 0 Å². The van der Waals surface area contributed by atoms with E-state index in [1.54, 1.807) is 12.4 Å². The molecule has 4 rings (SSSR count). The Morgan fingerprint density at radius 2 is 2.04 bits per heavy atom. The van der Waals surface area contributed by atoms with Gasteiger partial charge < -0.3 is 10.2 Å². The van der Waals surface area contributed by atoms with Crippen molar-refractivity contribution < 1.29 is 4.79 Å². The second-order valence-corrected chi connectivity index (χ2v) is 6.99. The molecule has 1 aromatic carbocycles. The minimum Gasteiger partial charge on any atom is -0.354 e. The predicted octanol–water partition coefficient (Wildman–Crippen LogP) is 4.65. The summed E-state index contributed by atoms with van der Waals surface area (Å²) in [6.07, 6.45) is 8.23. The van der Waals surface area contributed by atoms with Crippen molar-refractivity contribution in [3.63, 3.8) is 0 Å². The zero-order valence-electron chi connectivity index (χ0n) is 15.6. The Morgan fingerprint density at radius 1 is 1.15 bits per heavy atom. The van der Waals surface area contributed by atoms with Crippen molar-refractivity contribution in [2.45, 2.75) is 38.6 Å². The van der Waals surface area contributed by atoms with E-state index in [1.807, 2.05) is 42.5 Å². The standard InChI is InChI=1S/C22H24N4O/c1-2-18-9-3-4-14-26(18)20-12-11-17(15-24-20)22(27)25-19-10-5-7-16-8-6-13-23-21(16)19/h5-8,10-13,15,18H,2-4,9,14H2,1H3,(H,25,27). The van der Waals surface area contributed by atoms with E-state index >= 15 is 0 Å². The largest absolute Gasteiger partial charge is 0.354 e. The van der Waals surface area contributed by atoms with Crippen LogP contribution < -0.4 is 10.2 Å². The van der Waals surface area contributed by atoms with Crippen molar-refractivity contribution in [1.29, 1.82) is 0 Å². The monoisotopic (exact) mass is 360 g/mol. The quantitative estimate of drug-likeness (QED) is 0.736. The molecule has 3 aromatic rings. The van der Waals surface area contributed by atoms with Gasteiger partial charge in [-0.05, 0) is 49.9 Å². The fraction of sp³-hybridized carbons (Fsp3) is 0.318. The van der Waals surface area contributed by atoms with E-state index in [-0.39, 0.29) is 5.91 Å². The molecule has 5 nitrogen and oxygen atoms in total. The topological polar surface area (TPSA) is 58.1 Å². The number of nitrogens with zero attached hydrogens (tertiary/aromatic N) is 3. The summed E-state index contributed by atoms with van der Waals surface area (Å²) in [7, 11) is 0. The third-order valence-electron chi connectivity index (χ3n) is 5.28. The molecule has 5 heteroatoms. The Labute approximate surface area is 159 Å². The van der Waals surface area contributed by atoms with Gasteiger partial charge in [-0.1, -0.05) is 25.1 Å². The Hall–Kier alpha value is -2.95. The lowest BCUT2D eigenvalue weighted by molar-refractivity contribution is 0.102. The van der Waals surface area contributed by atoms with Gasteiger partial charge in [-0.2, -0.15) is 0 Å². The van der Waals surface area contributed by atoms with Crippen molar-refractivity contribution in [2.24, 2.45) is 0 Å². The number of fused-ring (bicyclic) bond motifs is 1. The lowest BCUT2D eigenvalue weighted by atomic mass is 10.00. The number of carbonyl (C=O) groups excluding carboxylic acids is 1. The van der Waals surface area contributed by atoms with Crippen LogP contribution in [0.25, 0.3) is 10.9 Å². The van der Waals surface area contributed by atoms with Crippen LogP contribution in [0.3, 0.4) is 0 Å². The summed E-state index contributed by atoms with van der Waals surface area (Å²) in [5, 5.41) is 3.96. The molecule has 3 heterocycles. The Balaban J connectivity index is 1.52. The third-order valence-corrected chi connectivity index (χ3v) is 5.28. The van der Waals surface area contributed by atoms with Gasteiger partial charge in [-0.15, -0.1) is 0 Å². The van der Waals surface area contributed by atoms with Crippen LogP contribution in [0, 0.1) is 0 Å². The number of rotatable bonds is 4. The fourth-order valence-electron chi connectivity index (χ4n) is 3.82. The first-order valence-corrected chi connectivity index (χ1v) is 9.64. The molecule has 1 unspecified atom stereocenters. The first kappa shape index (κ1) is 17.5. The van der Waals surface area contributed by atoms with Gasteiger partial charge in [-0.25, -0.2) is 4.98 Å². The van der Waals surface area contributed by atoms with Gasteiger partial charge in [0, 0.05) is 30.4 Å². The molecule has 1 aliphatic heterocycles. The van der Waals surface area contributed by atoms with Crippen molar-refractivity contribution in [2.75, 3.05) is 16.8 Å². The van der Waals surface area contributed by atoms with Crippen LogP contribution in [0.1, 0.15) is 43.0 Å². The van der Waals surface area contributed by atoms with Crippen LogP contribution in [-0.2, 0) is 0 Å². The van der Waals surface area contributed by atoms with E-state index in [0.717, 1.165) is 29.7 Å². The van der Waals surface area contributed by atoms with Crippen molar-refractivity contribution in [3.05, 3.63) is 60.4 Å². The number of nitrogens with one attached hydrogen (secondary N) is 1. The molecule has 138 valence electrons. The Morgan fingerprint density at radius 3 is 2.85 bits per heavy atom. The average Bonchev–Trinajstić information content (AvgIpc) is 2.74. The van der Waals surface area contributed by atoms with E-state index in [2.05, 4.69) is 27.1 Å². The summed E-state index contributed by atoms with van der Waals surface area (Å²) >= 11 is 0. The molecule has 1 fully saturated rings. The van der Waals surface area contributed by atoms with Crippen LogP contribution in [-0.4, -0.2) is 28.5 Å². The smallest absolute Gasteiger partial charge is 0.257 e. The number of para-hydroxylation sites is 1. The maximum atomic E-state index is 12.7. The minimum atomic E-state index is -0.169. The predicted molar refractivity (Wildman–Crippen MR) is 109 cm³/mol. The molecule has 1 aliphatic rings. The number of benzene rings is 1. The van der Waals surface area contributed by atoms with Crippen molar-refractivity contribution in [3.8, 4) is 0 Å². The first-order chi connectivity index (χ1) is 13.3. The van der Waals surface area contributed by atoms with Gasteiger partial charge in [0.05, 0.1) is 16.8 Å². The third kappa shape index (κ3) is 3.63. The van der Waals surface area contributed by atoms with Gasteiger partial charge in [0.2, 0.25) is 0 Å². The SMILES string of the molecule is CCC1CCCCN1c1ccc(C(=O)Nc2cccc3cccnc23)cn1. The number of piperidine rings is 1. The molecule has 0 aliphatic carbocycles. The van der Waals surface area contributed by atoms with Crippen molar-refractivity contribution in [1.82, 2.24) is 9.97 Å². The summed E-state index contributed by atoms with van der Waals surface area (Å²) in [6.45, 7) is 3.27. The van der Waals surface area contributed by atoms with Crippen molar-refractivity contribution >= 4 is 28.3 Å². The van der Waals surface area contributed by atoms with Gasteiger partial charge >= 0.3 is 0 Å². The average molecular weight is 360 g/mol. The van der Waals surface area contributed by atoms with E-state index in [0.29, 0.717) is 17.3 Å². The first-order valence-electron chi connectivity index (χ1n) is 9.64. The number of hydrogen-bond acceptors (Lipinski definition) is 4. The molecule has 1 amide bonds. The van der Waals surface area contributed by atoms with Gasteiger partial charge in [0.1, 0.15) is 5.82 Å². The molecular weight excluding hydrogens is 336 g/mol. The summed E-state index contributed by atoms with van der Waals surface area (Å²) in [4.78, 5) is 24.0. The normalized spacial score (nSPS) is 17.1. The number of pyridine rings is 2. The maximum absolute atomic E-state index is 12.7. The molecule has 0 radical (unpaired) electrons. The highest BCUT2D eigenvalue weighted by Crippen LogP contribution is 2.25. The van der Waals surface area contributed by atoms with Crippen LogP contribution in [0.5, 0.6) is 0 Å². The fourth-order valence-corrected chi connectivity index (χ4v) is 3.82. The number of carbonyl (C=O) groups is 1. The summed E-state index contributed by atoms with van der Waals surface area (Å²) in [5.41, 5.74) is 2.05. The number of amides is 1. The van der Waals surface area contributed by atoms with Gasteiger partial charge in [0.15, 0.2) is 0 Å². The second kappa shape index (κ2) is 7.74. The lowest BCUT2D eigenvalue weighted by Gasteiger charge is -2.36. The molecule has 0 spiro atoms. The van der Waals surface area contributed by atoms with E-state index in [9.17, 15) is 4.79 Å². The summed E-state index contributed by atoms with van der Waals surface area (Å²) in [6, 6.07) is 14.0. The number of hydrogen-bond donors (Lipinski definition) is 1. The highest BCUT2D eigenvalue weighted by Gasteiger charge is 2.22. The summed E-state index contributed by atoms with van der Waals surface area (Å²) < 4.78 is 0. The highest BCUT2D eigenvalue weighted by molar-refractivity contribution is 6.08. The van der Waals surface area contributed by atoms with Crippen LogP contribution >= 0.6 is 0 Å². The van der Waals surface area contributed by atoms with Gasteiger partial charge in [-0.3, -0.25) is 9.78 Å². The molecule has 0 bridgehead atoms. The number of anilines is 2. The zero-order chi connectivity index (χ0) is 18.6. The molecule has 2 aromatic heterocycles. The lowest BCUT2D eigenvalue weighted by Crippen LogP contribution is -2.39. The minimum absolute atomic E-state index is 0.169. The zero-order valence-corrected chi connectivity index (χ0v) is 15.6. The van der Waals surface area contributed by atoms with E-state index in [4.69, 9.17) is 0 Å². The molecule has 1 atom stereocenters. The van der Waals surface area contributed by atoms with Gasteiger partial charge in [0.25, 0.3) is 5.91 Å². The van der Waals surface area contributed by atoms with E-state index in [1.165, 1.54) is 19.3 Å². The summed E-state index contributed by atoms with van der Waals surface area (Å²) in [5.74, 6) is 0.794. The molecule has 27 heavy (non-hydrogen) atoms. The molecule has 1 N–H and O–H groups in total. The van der Waals surface area contributed by atoms with Crippen LogP contribution in [0.4, 0.5) is 11.5 Å². The second-order valence-electron chi connectivity index (χ2n) is 6.99.